The zero-order chi connectivity index (χ0) is 13.1. The van der Waals surface area contributed by atoms with Gasteiger partial charge >= 0.3 is 0 Å². The SMILES string of the molecule is CCCn1ccnc1C(=O)c1ccc(F)c(Br)c1. The van der Waals surface area contributed by atoms with E-state index in [-0.39, 0.29) is 16.1 Å². The number of benzene rings is 1. The number of carbonyl (C=O) groups is 1. The van der Waals surface area contributed by atoms with Gasteiger partial charge in [-0.25, -0.2) is 9.37 Å². The first-order chi connectivity index (χ1) is 8.63. The maximum absolute atomic E-state index is 13.1. The first-order valence-corrected chi connectivity index (χ1v) is 6.43. The quantitative estimate of drug-likeness (QED) is 0.811. The van der Waals surface area contributed by atoms with Crippen molar-refractivity contribution < 1.29 is 9.18 Å². The van der Waals surface area contributed by atoms with Crippen LogP contribution in [-0.4, -0.2) is 15.3 Å². The summed E-state index contributed by atoms with van der Waals surface area (Å²) in [5.74, 6) is -0.201. The number of hydrogen-bond acceptors (Lipinski definition) is 2. The second kappa shape index (κ2) is 5.44. The number of hydrogen-bond donors (Lipinski definition) is 0. The molecule has 0 aliphatic rings. The minimum absolute atomic E-state index is 0.200. The molecular formula is C13H12BrFN2O. The van der Waals surface area contributed by atoms with Crippen LogP contribution in [0.5, 0.6) is 0 Å². The van der Waals surface area contributed by atoms with Crippen LogP contribution in [-0.2, 0) is 6.54 Å². The minimum atomic E-state index is -0.386. The molecule has 0 spiro atoms. The fourth-order valence-corrected chi connectivity index (χ4v) is 2.08. The Labute approximate surface area is 113 Å². The number of aromatic nitrogens is 2. The number of nitrogens with zero attached hydrogens (tertiary/aromatic N) is 2. The lowest BCUT2D eigenvalue weighted by Crippen LogP contribution is -2.11. The second-order valence-electron chi connectivity index (χ2n) is 3.90. The molecule has 0 saturated heterocycles. The third-order valence-electron chi connectivity index (χ3n) is 2.56. The van der Waals surface area contributed by atoms with Gasteiger partial charge in [0.05, 0.1) is 4.47 Å². The average molecular weight is 311 g/mol. The number of rotatable bonds is 4. The highest BCUT2D eigenvalue weighted by Crippen LogP contribution is 2.18. The van der Waals surface area contributed by atoms with Gasteiger partial charge in [-0.1, -0.05) is 6.92 Å². The van der Waals surface area contributed by atoms with Gasteiger partial charge in [0, 0.05) is 24.5 Å². The Kier molecular flexibility index (Phi) is 3.91. The van der Waals surface area contributed by atoms with Gasteiger partial charge in [0.25, 0.3) is 0 Å². The molecule has 2 aromatic rings. The molecule has 0 aliphatic heterocycles. The third kappa shape index (κ3) is 2.51. The average Bonchev–Trinajstić information content (AvgIpc) is 2.80. The zero-order valence-corrected chi connectivity index (χ0v) is 11.4. The van der Waals surface area contributed by atoms with Gasteiger partial charge in [0.1, 0.15) is 5.82 Å². The molecule has 2 rings (SSSR count). The number of halogens is 2. The van der Waals surface area contributed by atoms with E-state index in [9.17, 15) is 9.18 Å². The summed E-state index contributed by atoms with van der Waals surface area (Å²) in [6.07, 6.45) is 4.29. The summed E-state index contributed by atoms with van der Waals surface area (Å²) in [6, 6.07) is 4.21. The summed E-state index contributed by atoms with van der Waals surface area (Å²) in [5, 5.41) is 0. The lowest BCUT2D eigenvalue weighted by atomic mass is 10.1. The number of ketones is 1. The Morgan fingerprint density at radius 2 is 2.28 bits per heavy atom. The van der Waals surface area contributed by atoms with Crippen LogP contribution in [0.3, 0.4) is 0 Å². The van der Waals surface area contributed by atoms with Crippen molar-refractivity contribution in [3.8, 4) is 0 Å². The smallest absolute Gasteiger partial charge is 0.228 e. The standard InChI is InChI=1S/C13H12BrFN2O/c1-2-6-17-7-5-16-13(17)12(18)9-3-4-11(15)10(14)8-9/h3-5,7-8H,2,6H2,1H3. The Morgan fingerprint density at radius 3 is 2.94 bits per heavy atom. The molecule has 1 heterocycles. The van der Waals surface area contributed by atoms with Crippen molar-refractivity contribution >= 4 is 21.7 Å². The summed E-state index contributed by atoms with van der Waals surface area (Å²) in [4.78, 5) is 16.3. The molecular weight excluding hydrogens is 299 g/mol. The fraction of sp³-hybridized carbons (Fsp3) is 0.231. The van der Waals surface area contributed by atoms with Crippen LogP contribution in [0.2, 0.25) is 0 Å². The zero-order valence-electron chi connectivity index (χ0n) is 9.86. The van der Waals surface area contributed by atoms with Crippen molar-refractivity contribution in [3.63, 3.8) is 0 Å². The van der Waals surface area contributed by atoms with Crippen molar-refractivity contribution in [1.29, 1.82) is 0 Å². The predicted octanol–water partition coefficient (Wildman–Crippen LogP) is 3.43. The maximum atomic E-state index is 13.1. The van der Waals surface area contributed by atoms with Crippen LogP contribution in [0.25, 0.3) is 0 Å². The molecule has 0 bridgehead atoms. The van der Waals surface area contributed by atoms with Crippen molar-refractivity contribution in [2.24, 2.45) is 0 Å². The molecule has 1 aromatic carbocycles. The first kappa shape index (κ1) is 13.0. The van der Waals surface area contributed by atoms with Gasteiger partial charge in [-0.3, -0.25) is 4.79 Å². The Morgan fingerprint density at radius 1 is 1.50 bits per heavy atom. The van der Waals surface area contributed by atoms with Crippen molar-refractivity contribution in [2.75, 3.05) is 0 Å². The molecule has 0 aliphatic carbocycles. The van der Waals surface area contributed by atoms with Crippen molar-refractivity contribution in [2.45, 2.75) is 19.9 Å². The minimum Gasteiger partial charge on any atom is -0.328 e. The van der Waals surface area contributed by atoms with E-state index in [0.29, 0.717) is 11.4 Å². The highest BCUT2D eigenvalue weighted by Gasteiger charge is 2.15. The topological polar surface area (TPSA) is 34.9 Å². The summed E-state index contributed by atoms with van der Waals surface area (Å²) in [7, 11) is 0. The van der Waals surface area contributed by atoms with Crippen LogP contribution in [0, 0.1) is 5.82 Å². The van der Waals surface area contributed by atoms with Gasteiger partial charge in [0.2, 0.25) is 5.78 Å². The lowest BCUT2D eigenvalue weighted by Gasteiger charge is -2.05. The monoisotopic (exact) mass is 310 g/mol. The number of imidazole rings is 1. The van der Waals surface area contributed by atoms with Crippen LogP contribution >= 0.6 is 15.9 Å². The molecule has 0 N–H and O–H groups in total. The van der Waals surface area contributed by atoms with Gasteiger partial charge < -0.3 is 4.57 Å². The molecule has 5 heteroatoms. The van der Waals surface area contributed by atoms with Crippen LogP contribution in [0.1, 0.15) is 29.5 Å². The Hall–Kier alpha value is -1.49. The van der Waals surface area contributed by atoms with Crippen molar-refractivity contribution in [3.05, 3.63) is 52.3 Å². The van der Waals surface area contributed by atoms with E-state index in [1.807, 2.05) is 6.92 Å². The normalized spacial score (nSPS) is 10.6. The highest BCUT2D eigenvalue weighted by atomic mass is 79.9. The van der Waals surface area contributed by atoms with Crippen LogP contribution < -0.4 is 0 Å². The van der Waals surface area contributed by atoms with E-state index in [0.717, 1.165) is 13.0 Å². The molecule has 0 radical (unpaired) electrons. The summed E-state index contributed by atoms with van der Waals surface area (Å²) in [5.41, 5.74) is 0.423. The molecule has 0 unspecified atom stereocenters. The predicted molar refractivity (Wildman–Crippen MR) is 70.1 cm³/mol. The van der Waals surface area contributed by atoms with Gasteiger partial charge in [-0.2, -0.15) is 0 Å². The second-order valence-corrected chi connectivity index (χ2v) is 4.76. The Bertz CT molecular complexity index is 580. The third-order valence-corrected chi connectivity index (χ3v) is 3.17. The van der Waals surface area contributed by atoms with E-state index < -0.39 is 0 Å². The number of aryl methyl sites for hydroxylation is 1. The van der Waals surface area contributed by atoms with E-state index in [2.05, 4.69) is 20.9 Å². The first-order valence-electron chi connectivity index (χ1n) is 5.64. The molecule has 1 aromatic heterocycles. The lowest BCUT2D eigenvalue weighted by molar-refractivity contribution is 0.102. The van der Waals surface area contributed by atoms with Gasteiger partial charge in [-0.15, -0.1) is 0 Å². The number of carbonyl (C=O) groups excluding carboxylic acids is 1. The summed E-state index contributed by atoms with van der Waals surface area (Å²) >= 11 is 3.07. The van der Waals surface area contributed by atoms with Crippen molar-refractivity contribution in [1.82, 2.24) is 9.55 Å². The summed E-state index contributed by atoms with van der Waals surface area (Å²) in [6.45, 7) is 2.77. The highest BCUT2D eigenvalue weighted by molar-refractivity contribution is 9.10. The largest absolute Gasteiger partial charge is 0.328 e. The van der Waals surface area contributed by atoms with E-state index in [1.165, 1.54) is 18.2 Å². The summed E-state index contributed by atoms with van der Waals surface area (Å²) < 4.78 is 15.2. The van der Waals surface area contributed by atoms with Crippen LogP contribution in [0.15, 0.2) is 35.1 Å². The molecule has 94 valence electrons. The molecule has 0 saturated carbocycles. The van der Waals surface area contributed by atoms with E-state index in [4.69, 9.17) is 0 Å². The van der Waals surface area contributed by atoms with E-state index in [1.54, 1.807) is 17.0 Å². The molecule has 0 fully saturated rings. The van der Waals surface area contributed by atoms with Crippen LogP contribution in [0.4, 0.5) is 4.39 Å². The van der Waals surface area contributed by atoms with Gasteiger partial charge in [0.15, 0.2) is 5.82 Å². The molecule has 0 atom stereocenters. The Balaban J connectivity index is 2.35. The van der Waals surface area contributed by atoms with E-state index >= 15 is 0 Å². The molecule has 0 amide bonds. The fourth-order valence-electron chi connectivity index (χ4n) is 1.71. The maximum Gasteiger partial charge on any atom is 0.228 e. The molecule has 18 heavy (non-hydrogen) atoms. The molecule has 3 nitrogen and oxygen atoms in total. The van der Waals surface area contributed by atoms with Gasteiger partial charge in [-0.05, 0) is 40.5 Å².